The molecule has 4 rings (SSSR count). The summed E-state index contributed by atoms with van der Waals surface area (Å²) in [5.41, 5.74) is 3.66. The molecule has 4 aromatic rings. The molecule has 0 atom stereocenters. The number of carboxylic acids is 1. The van der Waals surface area contributed by atoms with Crippen LogP contribution in [0.15, 0.2) is 96.3 Å². The van der Waals surface area contributed by atoms with Crippen molar-refractivity contribution in [2.24, 2.45) is 0 Å². The molecule has 0 unspecified atom stereocenters. The molecule has 1 heterocycles. The number of carboxylic acid groups (broad SMARTS) is 1. The largest absolute Gasteiger partial charge is 0.478 e. The number of rotatable bonds is 7. The molecule has 0 fully saturated rings. The van der Waals surface area contributed by atoms with Gasteiger partial charge in [0.05, 0.1) is 23.2 Å². The van der Waals surface area contributed by atoms with Crippen molar-refractivity contribution >= 4 is 29.3 Å². The number of hydrogen-bond acceptors (Lipinski definition) is 4. The highest BCUT2D eigenvalue weighted by atomic mass is 32.2. The van der Waals surface area contributed by atoms with Crippen LogP contribution >= 0.6 is 11.8 Å². The topological polar surface area (TPSA) is 84.2 Å². The van der Waals surface area contributed by atoms with Crippen LogP contribution in [0, 0.1) is 0 Å². The van der Waals surface area contributed by atoms with E-state index in [9.17, 15) is 9.59 Å². The molecular weight excluding hydrogens is 410 g/mol. The molecule has 3 aromatic carbocycles. The van der Waals surface area contributed by atoms with Crippen molar-refractivity contribution in [3.63, 3.8) is 0 Å². The van der Waals surface area contributed by atoms with Gasteiger partial charge in [0.25, 0.3) is 0 Å². The first-order valence-electron chi connectivity index (χ1n) is 9.56. The van der Waals surface area contributed by atoms with Gasteiger partial charge in [0.1, 0.15) is 0 Å². The number of carbonyl (C=O) groups excluding carboxylic acids is 1. The standard InChI is InChI=1S/C24H19N3O3S/c28-22(26-19-13-11-18(12-14-19)23(29)30)16-31-24-25-15-21(17-7-3-1-4-8-17)27(24)20-9-5-2-6-10-20/h1-15H,16H2,(H,26,28)(H,29,30). The lowest BCUT2D eigenvalue weighted by Crippen LogP contribution is -2.14. The van der Waals surface area contributed by atoms with Crippen LogP contribution in [0.5, 0.6) is 0 Å². The maximum absolute atomic E-state index is 12.4. The zero-order valence-electron chi connectivity index (χ0n) is 16.4. The Hall–Kier alpha value is -3.84. The van der Waals surface area contributed by atoms with E-state index >= 15 is 0 Å². The fraction of sp³-hybridized carbons (Fsp3) is 0.0417. The van der Waals surface area contributed by atoms with E-state index in [0.29, 0.717) is 10.8 Å². The van der Waals surface area contributed by atoms with Crippen molar-refractivity contribution in [3.05, 3.63) is 96.7 Å². The van der Waals surface area contributed by atoms with Crippen LogP contribution in [-0.2, 0) is 4.79 Å². The van der Waals surface area contributed by atoms with E-state index in [1.807, 2.05) is 71.4 Å². The Bertz CT molecular complexity index is 1190. The summed E-state index contributed by atoms with van der Waals surface area (Å²) < 4.78 is 2.04. The van der Waals surface area contributed by atoms with Crippen molar-refractivity contribution in [1.82, 2.24) is 9.55 Å². The van der Waals surface area contributed by atoms with E-state index < -0.39 is 5.97 Å². The number of aromatic nitrogens is 2. The lowest BCUT2D eigenvalue weighted by Gasteiger charge is -2.12. The van der Waals surface area contributed by atoms with Crippen molar-refractivity contribution < 1.29 is 14.7 Å². The smallest absolute Gasteiger partial charge is 0.335 e. The quantitative estimate of drug-likeness (QED) is 0.405. The molecule has 0 radical (unpaired) electrons. The van der Waals surface area contributed by atoms with E-state index in [0.717, 1.165) is 16.9 Å². The normalized spacial score (nSPS) is 10.6. The second-order valence-electron chi connectivity index (χ2n) is 6.68. The molecule has 1 aromatic heterocycles. The van der Waals surface area contributed by atoms with Crippen LogP contribution in [0.1, 0.15) is 10.4 Å². The number of benzene rings is 3. The highest BCUT2D eigenvalue weighted by Gasteiger charge is 2.15. The van der Waals surface area contributed by atoms with E-state index in [-0.39, 0.29) is 17.2 Å². The highest BCUT2D eigenvalue weighted by molar-refractivity contribution is 7.99. The number of aromatic carboxylic acids is 1. The first-order chi connectivity index (χ1) is 15.1. The van der Waals surface area contributed by atoms with Crippen molar-refractivity contribution in [3.8, 4) is 16.9 Å². The fourth-order valence-electron chi connectivity index (χ4n) is 3.10. The molecule has 1 amide bonds. The molecule has 0 aliphatic carbocycles. The van der Waals surface area contributed by atoms with Gasteiger partial charge in [-0.25, -0.2) is 9.78 Å². The van der Waals surface area contributed by atoms with Gasteiger partial charge in [0.15, 0.2) is 5.16 Å². The zero-order valence-corrected chi connectivity index (χ0v) is 17.3. The molecule has 31 heavy (non-hydrogen) atoms. The van der Waals surface area contributed by atoms with E-state index in [4.69, 9.17) is 5.11 Å². The van der Waals surface area contributed by atoms with Gasteiger partial charge in [-0.15, -0.1) is 0 Å². The Morgan fingerprint density at radius 3 is 2.19 bits per heavy atom. The van der Waals surface area contributed by atoms with Gasteiger partial charge in [-0.1, -0.05) is 60.3 Å². The molecule has 6 nitrogen and oxygen atoms in total. The third kappa shape index (κ3) is 4.84. The summed E-state index contributed by atoms with van der Waals surface area (Å²) in [6.07, 6.45) is 1.81. The number of thioether (sulfide) groups is 1. The number of para-hydroxylation sites is 1. The van der Waals surface area contributed by atoms with E-state index in [2.05, 4.69) is 10.3 Å². The van der Waals surface area contributed by atoms with Gasteiger partial charge in [0, 0.05) is 16.9 Å². The Labute approximate surface area is 183 Å². The molecule has 0 saturated carbocycles. The Morgan fingerprint density at radius 1 is 0.903 bits per heavy atom. The number of hydrogen-bond donors (Lipinski definition) is 2. The van der Waals surface area contributed by atoms with E-state index in [1.165, 1.54) is 23.9 Å². The Morgan fingerprint density at radius 2 is 1.55 bits per heavy atom. The van der Waals surface area contributed by atoms with Gasteiger partial charge < -0.3 is 10.4 Å². The maximum atomic E-state index is 12.4. The fourth-order valence-corrected chi connectivity index (χ4v) is 3.89. The molecule has 0 bridgehead atoms. The third-order valence-corrected chi connectivity index (χ3v) is 5.51. The number of carbonyl (C=O) groups is 2. The molecular formula is C24H19N3O3S. The van der Waals surface area contributed by atoms with Crippen LogP contribution in [0.4, 0.5) is 5.69 Å². The minimum absolute atomic E-state index is 0.165. The van der Waals surface area contributed by atoms with Crippen LogP contribution in [0.2, 0.25) is 0 Å². The molecule has 154 valence electrons. The molecule has 0 aliphatic rings. The van der Waals surface area contributed by atoms with Crippen molar-refractivity contribution in [2.45, 2.75) is 5.16 Å². The minimum Gasteiger partial charge on any atom is -0.478 e. The SMILES string of the molecule is O=C(CSc1ncc(-c2ccccc2)n1-c1ccccc1)Nc1ccc(C(=O)O)cc1. The summed E-state index contributed by atoms with van der Waals surface area (Å²) in [7, 11) is 0. The predicted molar refractivity (Wildman–Crippen MR) is 122 cm³/mol. The average molecular weight is 430 g/mol. The van der Waals surface area contributed by atoms with Crippen molar-refractivity contribution in [1.29, 1.82) is 0 Å². The number of nitrogens with zero attached hydrogens (tertiary/aromatic N) is 2. The average Bonchev–Trinajstić information content (AvgIpc) is 3.23. The van der Waals surface area contributed by atoms with Crippen LogP contribution < -0.4 is 5.32 Å². The maximum Gasteiger partial charge on any atom is 0.335 e. The number of nitrogens with one attached hydrogen (secondary N) is 1. The first kappa shape index (κ1) is 20.4. The van der Waals surface area contributed by atoms with E-state index in [1.54, 1.807) is 12.1 Å². The first-order valence-corrected chi connectivity index (χ1v) is 10.5. The second kappa shape index (κ2) is 9.32. The summed E-state index contributed by atoms with van der Waals surface area (Å²) in [5, 5.41) is 12.5. The summed E-state index contributed by atoms with van der Waals surface area (Å²) in [5.74, 6) is -1.04. The minimum atomic E-state index is -1.00. The number of anilines is 1. The highest BCUT2D eigenvalue weighted by Crippen LogP contribution is 2.29. The van der Waals surface area contributed by atoms with Crippen molar-refractivity contribution in [2.75, 3.05) is 11.1 Å². The second-order valence-corrected chi connectivity index (χ2v) is 7.62. The molecule has 7 heteroatoms. The summed E-state index contributed by atoms with van der Waals surface area (Å²) in [6, 6.07) is 25.9. The summed E-state index contributed by atoms with van der Waals surface area (Å²) in [4.78, 5) is 28.0. The lowest BCUT2D eigenvalue weighted by atomic mass is 10.1. The summed E-state index contributed by atoms with van der Waals surface area (Å²) in [6.45, 7) is 0. The van der Waals surface area contributed by atoms with Gasteiger partial charge in [0.2, 0.25) is 5.91 Å². The molecule has 0 aliphatic heterocycles. The predicted octanol–water partition coefficient (Wildman–Crippen LogP) is 4.97. The molecule has 0 spiro atoms. The molecule has 0 saturated heterocycles. The number of amides is 1. The van der Waals surface area contributed by atoms with Gasteiger partial charge in [-0.05, 0) is 36.4 Å². The van der Waals surface area contributed by atoms with Gasteiger partial charge in [-0.2, -0.15) is 0 Å². The number of imidazole rings is 1. The van der Waals surface area contributed by atoms with Crippen LogP contribution in [0.25, 0.3) is 16.9 Å². The Balaban J connectivity index is 1.52. The Kier molecular flexibility index (Phi) is 6.14. The van der Waals surface area contributed by atoms with Crippen LogP contribution in [-0.4, -0.2) is 32.3 Å². The zero-order chi connectivity index (χ0) is 21.6. The monoisotopic (exact) mass is 429 g/mol. The van der Waals surface area contributed by atoms with Gasteiger partial charge >= 0.3 is 5.97 Å². The van der Waals surface area contributed by atoms with Gasteiger partial charge in [-0.3, -0.25) is 9.36 Å². The summed E-state index contributed by atoms with van der Waals surface area (Å²) >= 11 is 1.34. The molecule has 2 N–H and O–H groups in total. The van der Waals surface area contributed by atoms with Crippen LogP contribution in [0.3, 0.4) is 0 Å². The lowest BCUT2D eigenvalue weighted by molar-refractivity contribution is -0.113. The third-order valence-electron chi connectivity index (χ3n) is 4.56.